The molecule has 89 heavy (non-hydrogen) atoms. The van der Waals surface area contributed by atoms with Crippen LogP contribution in [-0.2, 0) is 18.4 Å². The molecule has 0 aromatic carbocycles. The van der Waals surface area contributed by atoms with Crippen molar-refractivity contribution in [3.8, 4) is 0 Å². The summed E-state index contributed by atoms with van der Waals surface area (Å²) < 4.78 is 23.8. The smallest absolute Gasteiger partial charge is 0.387 e. The second-order valence-corrected chi connectivity index (χ2v) is 27.4. The van der Waals surface area contributed by atoms with Crippen LogP contribution in [0, 0.1) is 0 Å². The first-order chi connectivity index (χ1) is 43.5. The van der Waals surface area contributed by atoms with Gasteiger partial charge in [-0.25, -0.2) is 4.57 Å². The maximum absolute atomic E-state index is 13.1. The van der Waals surface area contributed by atoms with Crippen LogP contribution in [0.2, 0.25) is 0 Å². The molecule has 0 aliphatic heterocycles. The van der Waals surface area contributed by atoms with E-state index in [0.717, 1.165) is 103 Å². The quantitative estimate of drug-likeness (QED) is 0.0243. The molecule has 0 saturated carbocycles. The van der Waals surface area contributed by atoms with E-state index in [1.807, 2.05) is 27.2 Å². The summed E-state index contributed by atoms with van der Waals surface area (Å²) in [5, 5.41) is 14.0. The zero-order valence-corrected chi connectivity index (χ0v) is 59.5. The summed E-state index contributed by atoms with van der Waals surface area (Å²) >= 11 is 0. The molecule has 8 nitrogen and oxygen atoms in total. The zero-order valence-electron chi connectivity index (χ0n) is 58.6. The lowest BCUT2D eigenvalue weighted by atomic mass is 10.0. The number of likely N-dealkylation sites (N-methyl/N-ethyl adjacent to an activating group) is 1. The van der Waals surface area contributed by atoms with Crippen molar-refractivity contribution in [2.75, 3.05) is 40.9 Å². The van der Waals surface area contributed by atoms with E-state index < -0.39 is 20.0 Å². The number of nitrogens with zero attached hydrogens (tertiary/aromatic N) is 1. The van der Waals surface area contributed by atoms with Gasteiger partial charge in [-0.05, 0) is 109 Å². The molecule has 0 aromatic rings. The highest BCUT2D eigenvalue weighted by molar-refractivity contribution is 7.47. The molecule has 0 heterocycles. The lowest BCUT2D eigenvalue weighted by molar-refractivity contribution is -0.870. The molecule has 0 rings (SSSR count). The number of amides is 1. The second-order valence-electron chi connectivity index (χ2n) is 25.9. The molecule has 3 atom stereocenters. The molecule has 3 N–H and O–H groups in total. The van der Waals surface area contributed by atoms with E-state index in [1.54, 1.807) is 6.08 Å². The fraction of sp³-hybridized carbons (Fsp3) is 0.713. The Hall–Kier alpha value is -3.36. The van der Waals surface area contributed by atoms with E-state index in [2.05, 4.69) is 141 Å². The van der Waals surface area contributed by atoms with E-state index >= 15 is 0 Å². The number of hydrogen-bond acceptors (Lipinski definition) is 5. The van der Waals surface area contributed by atoms with Crippen molar-refractivity contribution >= 4 is 13.7 Å². The van der Waals surface area contributed by atoms with Crippen molar-refractivity contribution in [1.29, 1.82) is 0 Å². The van der Waals surface area contributed by atoms with E-state index in [1.165, 1.54) is 193 Å². The number of aliphatic hydroxyl groups excluding tert-OH is 1. The normalized spacial score (nSPS) is 14.4. The zero-order chi connectivity index (χ0) is 64.8. The van der Waals surface area contributed by atoms with E-state index in [0.29, 0.717) is 17.4 Å². The van der Waals surface area contributed by atoms with Crippen LogP contribution in [0.1, 0.15) is 316 Å². The first kappa shape index (κ1) is 85.6. The number of phosphoric ester groups is 1. The monoisotopic (exact) mass is 1260 g/mol. The lowest BCUT2D eigenvalue weighted by Crippen LogP contribution is -2.45. The van der Waals surface area contributed by atoms with E-state index in [-0.39, 0.29) is 19.1 Å². The number of quaternary nitrogens is 1. The van der Waals surface area contributed by atoms with Gasteiger partial charge in [-0.2, -0.15) is 0 Å². The van der Waals surface area contributed by atoms with Crippen molar-refractivity contribution < 1.29 is 32.9 Å². The minimum atomic E-state index is -4.38. The summed E-state index contributed by atoms with van der Waals surface area (Å²) in [4.78, 5) is 23.4. The van der Waals surface area contributed by atoms with Gasteiger partial charge in [0.2, 0.25) is 5.91 Å². The fourth-order valence-electron chi connectivity index (χ4n) is 10.4. The van der Waals surface area contributed by atoms with Gasteiger partial charge in [-0.3, -0.25) is 13.8 Å². The molecular formula is C80H142N2O6P+. The van der Waals surface area contributed by atoms with Crippen molar-refractivity contribution in [1.82, 2.24) is 5.32 Å². The van der Waals surface area contributed by atoms with Crippen molar-refractivity contribution in [2.24, 2.45) is 0 Å². The highest BCUT2D eigenvalue weighted by atomic mass is 31.2. The summed E-state index contributed by atoms with van der Waals surface area (Å²) in [6.45, 7) is 4.69. The molecule has 0 aliphatic rings. The van der Waals surface area contributed by atoms with Gasteiger partial charge in [0.15, 0.2) is 0 Å². The minimum absolute atomic E-state index is 0.0465. The summed E-state index contributed by atoms with van der Waals surface area (Å²) in [5.41, 5.74) is 0. The van der Waals surface area contributed by atoms with Crippen LogP contribution in [0.4, 0.5) is 0 Å². The van der Waals surface area contributed by atoms with Crippen molar-refractivity contribution in [3.05, 3.63) is 134 Å². The van der Waals surface area contributed by atoms with E-state index in [9.17, 15) is 19.4 Å². The predicted octanol–water partition coefficient (Wildman–Crippen LogP) is 24.2. The SMILES string of the molecule is CC/C=C\C/C=C\C/C=C\C/C=C\C/C=C\C/C=C\C/C=C\C/C=C\CCCCCCCCCCCCC(=O)NC(COP(=O)(O)OCC[N+](C)(C)C)C(O)/C=C/CC/C=C/CC/C=C/CCCCCCCCCCCCCCCCCCCCCCCC. The highest BCUT2D eigenvalue weighted by Crippen LogP contribution is 2.43. The lowest BCUT2D eigenvalue weighted by Gasteiger charge is -2.25. The van der Waals surface area contributed by atoms with Crippen LogP contribution in [0.3, 0.4) is 0 Å². The number of allylic oxidation sites excluding steroid dienone is 21. The van der Waals surface area contributed by atoms with Crippen LogP contribution < -0.4 is 5.32 Å². The Bertz CT molecular complexity index is 1920. The molecule has 0 aromatic heterocycles. The first-order valence-corrected chi connectivity index (χ1v) is 38.6. The van der Waals surface area contributed by atoms with Crippen LogP contribution in [0.15, 0.2) is 134 Å². The van der Waals surface area contributed by atoms with Gasteiger partial charge in [0, 0.05) is 6.42 Å². The average molecular weight is 1260 g/mol. The summed E-state index contributed by atoms with van der Waals surface area (Å²) in [7, 11) is 1.53. The molecule has 9 heteroatoms. The van der Waals surface area contributed by atoms with Gasteiger partial charge in [0.1, 0.15) is 13.2 Å². The van der Waals surface area contributed by atoms with Gasteiger partial charge in [-0.15, -0.1) is 0 Å². The number of unbranched alkanes of at least 4 members (excludes halogenated alkanes) is 34. The number of nitrogens with one attached hydrogen (secondary N) is 1. The third-order valence-corrected chi connectivity index (χ3v) is 17.1. The maximum atomic E-state index is 13.1. The van der Waals surface area contributed by atoms with Crippen LogP contribution in [0.5, 0.6) is 0 Å². The molecule has 0 saturated heterocycles. The number of hydrogen-bond donors (Lipinski definition) is 3. The topological polar surface area (TPSA) is 105 Å². The molecule has 512 valence electrons. The van der Waals surface area contributed by atoms with Crippen molar-refractivity contribution in [2.45, 2.75) is 328 Å². The number of carbonyl (C=O) groups excluding carboxylic acids is 1. The standard InChI is InChI=1S/C80H141N2O6P/c1-6-8-10-12-14-16-18-20-22-24-26-28-30-32-34-36-38-40-41-42-44-46-48-50-52-54-56-58-60-62-64-66-68-70-72-74-80(84)81-78(77-88-89(85,86)87-76-75-82(3,4)5)79(83)73-71-69-67-65-63-61-59-57-55-53-51-49-47-45-43-39-37-35-33-31-29-27-25-23-21-19-17-15-13-11-9-7-2/h8,10,14,16,20,22,26,28,32,34,38,40,42,44,48,50,55,57,63,65,71,73,78-79,83H,6-7,9,11-13,15,17-19,21,23-25,27,29-31,33,35-37,39,41,43,45-47,49,51-54,56,58-62,64,66-70,72,74-77H2,1-5H3,(H-,81,84,85,86)/p+1/b10-8-,16-14-,22-20-,28-26-,34-32-,40-38-,44-42-,50-48-,57-55+,65-63+,73-71+. The number of rotatable bonds is 67. The number of aliphatic hydroxyl groups is 1. The Balaban J connectivity index is 4.16. The minimum Gasteiger partial charge on any atom is -0.387 e. The van der Waals surface area contributed by atoms with Gasteiger partial charge in [0.25, 0.3) is 0 Å². The number of carbonyl (C=O) groups is 1. The summed E-state index contributed by atoms with van der Waals surface area (Å²) in [6.07, 6.45) is 105. The fourth-order valence-corrected chi connectivity index (χ4v) is 11.1. The first-order valence-electron chi connectivity index (χ1n) is 37.1. The predicted molar refractivity (Wildman–Crippen MR) is 391 cm³/mol. The van der Waals surface area contributed by atoms with Gasteiger partial charge in [0.05, 0.1) is 39.9 Å². The molecule has 0 spiro atoms. The molecule has 3 unspecified atom stereocenters. The third kappa shape index (κ3) is 71.9. The Kier molecular flexibility index (Phi) is 66.4. The van der Waals surface area contributed by atoms with Gasteiger partial charge in [-0.1, -0.05) is 334 Å². The molecule has 1 amide bonds. The number of phosphoric acid groups is 1. The van der Waals surface area contributed by atoms with Gasteiger partial charge >= 0.3 is 7.82 Å². The molecule has 0 aliphatic carbocycles. The molecule has 0 bridgehead atoms. The molecule has 0 radical (unpaired) electrons. The second kappa shape index (κ2) is 69.0. The molecular weight excluding hydrogens is 1120 g/mol. The Labute approximate surface area is 551 Å². The Morgan fingerprint density at radius 1 is 0.393 bits per heavy atom. The Morgan fingerprint density at radius 3 is 1.03 bits per heavy atom. The Morgan fingerprint density at radius 2 is 0.685 bits per heavy atom. The van der Waals surface area contributed by atoms with Crippen molar-refractivity contribution in [3.63, 3.8) is 0 Å². The van der Waals surface area contributed by atoms with Crippen LogP contribution in [0.25, 0.3) is 0 Å². The van der Waals surface area contributed by atoms with Crippen LogP contribution in [-0.4, -0.2) is 73.4 Å². The average Bonchev–Trinajstić information content (AvgIpc) is 3.64. The van der Waals surface area contributed by atoms with Gasteiger partial charge < -0.3 is 19.8 Å². The largest absolute Gasteiger partial charge is 0.472 e. The molecule has 0 fully saturated rings. The maximum Gasteiger partial charge on any atom is 0.472 e. The van der Waals surface area contributed by atoms with E-state index in [4.69, 9.17) is 9.05 Å². The summed E-state index contributed by atoms with van der Waals surface area (Å²) in [6, 6.07) is -0.884. The third-order valence-electron chi connectivity index (χ3n) is 16.1. The van der Waals surface area contributed by atoms with Crippen LogP contribution >= 0.6 is 7.82 Å². The summed E-state index contributed by atoms with van der Waals surface area (Å²) in [5.74, 6) is -0.198. The highest BCUT2D eigenvalue weighted by Gasteiger charge is 2.28.